The van der Waals surface area contributed by atoms with Gasteiger partial charge in [0.15, 0.2) is 0 Å². The van der Waals surface area contributed by atoms with Gasteiger partial charge in [-0.25, -0.2) is 0 Å². The van der Waals surface area contributed by atoms with Crippen LogP contribution in [0, 0.1) is 18.8 Å². The van der Waals surface area contributed by atoms with Gasteiger partial charge in [0.1, 0.15) is 5.78 Å². The predicted molar refractivity (Wildman–Crippen MR) is 84.9 cm³/mol. The fourth-order valence-corrected chi connectivity index (χ4v) is 3.43. The van der Waals surface area contributed by atoms with Crippen molar-refractivity contribution in [2.24, 2.45) is 11.8 Å². The number of hydrogen-bond donors (Lipinski definition) is 0. The summed E-state index contributed by atoms with van der Waals surface area (Å²) in [5.41, 5.74) is 2.43. The van der Waals surface area contributed by atoms with E-state index >= 15 is 0 Å². The zero-order chi connectivity index (χ0) is 14.4. The number of unbranched alkanes of at least 4 members (excludes halogenated alkanes) is 1. The highest BCUT2D eigenvalue weighted by molar-refractivity contribution is 5.83. The lowest BCUT2D eigenvalue weighted by Crippen LogP contribution is -2.23. The van der Waals surface area contributed by atoms with Gasteiger partial charge in [-0.1, -0.05) is 56.0 Å². The van der Waals surface area contributed by atoms with Crippen LogP contribution in [0.25, 0.3) is 0 Å². The van der Waals surface area contributed by atoms with E-state index in [4.69, 9.17) is 0 Å². The zero-order valence-electron chi connectivity index (χ0n) is 13.0. The van der Waals surface area contributed by atoms with Gasteiger partial charge >= 0.3 is 0 Å². The van der Waals surface area contributed by atoms with E-state index in [0.717, 1.165) is 18.8 Å². The lowest BCUT2D eigenvalue weighted by Gasteiger charge is -2.27. The van der Waals surface area contributed by atoms with E-state index in [2.05, 4.69) is 38.1 Å². The molecular weight excluding hydrogens is 244 g/mol. The molecule has 1 nitrogen and oxygen atoms in total. The van der Waals surface area contributed by atoms with Gasteiger partial charge in [-0.3, -0.25) is 4.79 Å². The lowest BCUT2D eigenvalue weighted by atomic mass is 9.77. The van der Waals surface area contributed by atoms with Gasteiger partial charge in [0.25, 0.3) is 0 Å². The molecule has 1 aromatic rings. The highest BCUT2D eigenvalue weighted by Crippen LogP contribution is 2.32. The van der Waals surface area contributed by atoms with E-state index in [1.807, 2.05) is 0 Å². The Morgan fingerprint density at radius 2 is 1.95 bits per heavy atom. The van der Waals surface area contributed by atoms with Gasteiger partial charge < -0.3 is 0 Å². The monoisotopic (exact) mass is 272 g/mol. The smallest absolute Gasteiger partial charge is 0.140 e. The van der Waals surface area contributed by atoms with Gasteiger partial charge in [-0.15, -0.1) is 0 Å². The van der Waals surface area contributed by atoms with Gasteiger partial charge in [0.05, 0.1) is 0 Å². The van der Waals surface area contributed by atoms with Crippen LogP contribution in [0.4, 0.5) is 0 Å². The van der Waals surface area contributed by atoms with Crippen LogP contribution in [0.5, 0.6) is 0 Å². The molecule has 0 atom stereocenters. The molecule has 1 aliphatic carbocycles. The number of rotatable bonds is 6. The minimum atomic E-state index is 0.327. The first-order valence-electron chi connectivity index (χ1n) is 8.27. The van der Waals surface area contributed by atoms with Crippen molar-refractivity contribution >= 4 is 5.78 Å². The number of aryl methyl sites for hydroxylation is 1. The summed E-state index contributed by atoms with van der Waals surface area (Å²) in [6.45, 7) is 4.35. The second kappa shape index (κ2) is 7.61. The summed E-state index contributed by atoms with van der Waals surface area (Å²) in [4.78, 5) is 12.4. The molecule has 0 amide bonds. The molecule has 0 heterocycles. The molecule has 0 radical (unpaired) electrons. The largest absolute Gasteiger partial charge is 0.299 e. The number of benzene rings is 1. The van der Waals surface area contributed by atoms with E-state index in [0.29, 0.717) is 18.1 Å². The Hall–Kier alpha value is -1.11. The maximum Gasteiger partial charge on any atom is 0.140 e. The quantitative estimate of drug-likeness (QED) is 0.704. The van der Waals surface area contributed by atoms with E-state index < -0.39 is 0 Å². The van der Waals surface area contributed by atoms with Crippen LogP contribution >= 0.6 is 0 Å². The average molecular weight is 272 g/mol. The Morgan fingerprint density at radius 3 is 2.60 bits per heavy atom. The lowest BCUT2D eigenvalue weighted by molar-refractivity contribution is -0.123. The summed E-state index contributed by atoms with van der Waals surface area (Å²) in [7, 11) is 0. The third kappa shape index (κ3) is 4.47. The van der Waals surface area contributed by atoms with Crippen molar-refractivity contribution in [1.82, 2.24) is 0 Å². The SMILES string of the molecule is CCCCC1CCC(C(=O)Cc2cccc(C)c2)CC1. The molecule has 1 fully saturated rings. The minimum absolute atomic E-state index is 0.327. The maximum absolute atomic E-state index is 12.4. The normalized spacial score (nSPS) is 22.7. The number of carbonyl (C=O) groups excluding carboxylic acids is 1. The molecular formula is C19H28O. The second-order valence-corrected chi connectivity index (χ2v) is 6.49. The molecule has 20 heavy (non-hydrogen) atoms. The first kappa shape index (κ1) is 15.3. The van der Waals surface area contributed by atoms with Crippen LogP contribution in [0.2, 0.25) is 0 Å². The third-order valence-electron chi connectivity index (χ3n) is 4.73. The summed E-state index contributed by atoms with van der Waals surface area (Å²) in [5, 5.41) is 0. The molecule has 0 aliphatic heterocycles. The van der Waals surface area contributed by atoms with E-state index in [1.54, 1.807) is 0 Å². The molecule has 1 saturated carbocycles. The Labute approximate surface area is 123 Å². The molecule has 0 saturated heterocycles. The molecule has 1 aromatic carbocycles. The van der Waals surface area contributed by atoms with Crippen LogP contribution in [0.3, 0.4) is 0 Å². The van der Waals surface area contributed by atoms with E-state index in [1.165, 1.54) is 43.2 Å². The third-order valence-corrected chi connectivity index (χ3v) is 4.73. The highest BCUT2D eigenvalue weighted by Gasteiger charge is 2.25. The molecule has 110 valence electrons. The first-order valence-corrected chi connectivity index (χ1v) is 8.27. The fraction of sp³-hybridized carbons (Fsp3) is 0.632. The number of ketones is 1. The summed E-state index contributed by atoms with van der Waals surface area (Å²) < 4.78 is 0. The second-order valence-electron chi connectivity index (χ2n) is 6.49. The molecule has 2 rings (SSSR count). The standard InChI is InChI=1S/C19H28O/c1-3-4-7-16-9-11-18(12-10-16)19(20)14-17-8-5-6-15(2)13-17/h5-6,8,13,16,18H,3-4,7,9-12,14H2,1-2H3. The van der Waals surface area contributed by atoms with Gasteiger partial charge in [-0.05, 0) is 44.1 Å². The van der Waals surface area contributed by atoms with Crippen LogP contribution < -0.4 is 0 Å². The number of carbonyl (C=O) groups is 1. The molecule has 0 unspecified atom stereocenters. The Kier molecular flexibility index (Phi) is 5.82. The molecule has 0 N–H and O–H groups in total. The molecule has 0 aromatic heterocycles. The van der Waals surface area contributed by atoms with Crippen molar-refractivity contribution in [1.29, 1.82) is 0 Å². The Morgan fingerprint density at radius 1 is 1.20 bits per heavy atom. The summed E-state index contributed by atoms with van der Waals surface area (Å²) in [6.07, 6.45) is 9.44. The summed E-state index contributed by atoms with van der Waals surface area (Å²) in [5.74, 6) is 1.68. The highest BCUT2D eigenvalue weighted by atomic mass is 16.1. The van der Waals surface area contributed by atoms with Crippen molar-refractivity contribution in [3.63, 3.8) is 0 Å². The molecule has 1 heteroatoms. The predicted octanol–water partition coefficient (Wildman–Crippen LogP) is 5.10. The maximum atomic E-state index is 12.4. The van der Waals surface area contributed by atoms with Crippen LogP contribution in [0.15, 0.2) is 24.3 Å². The van der Waals surface area contributed by atoms with Crippen molar-refractivity contribution in [3.8, 4) is 0 Å². The summed E-state index contributed by atoms with van der Waals surface area (Å²) >= 11 is 0. The fourth-order valence-electron chi connectivity index (χ4n) is 3.43. The van der Waals surface area contributed by atoms with Gasteiger partial charge in [0, 0.05) is 12.3 Å². The first-order chi connectivity index (χ1) is 9.69. The average Bonchev–Trinajstić information content (AvgIpc) is 2.45. The zero-order valence-corrected chi connectivity index (χ0v) is 13.0. The Bertz CT molecular complexity index is 427. The van der Waals surface area contributed by atoms with E-state index in [9.17, 15) is 4.79 Å². The van der Waals surface area contributed by atoms with Crippen LogP contribution in [0.1, 0.15) is 63.0 Å². The van der Waals surface area contributed by atoms with Gasteiger partial charge in [0.2, 0.25) is 0 Å². The number of hydrogen-bond acceptors (Lipinski definition) is 1. The van der Waals surface area contributed by atoms with Crippen LogP contribution in [-0.2, 0) is 11.2 Å². The van der Waals surface area contributed by atoms with Crippen molar-refractivity contribution in [2.45, 2.75) is 65.2 Å². The van der Waals surface area contributed by atoms with Crippen LogP contribution in [-0.4, -0.2) is 5.78 Å². The van der Waals surface area contributed by atoms with Crippen molar-refractivity contribution < 1.29 is 4.79 Å². The minimum Gasteiger partial charge on any atom is -0.299 e. The van der Waals surface area contributed by atoms with Crippen molar-refractivity contribution in [3.05, 3.63) is 35.4 Å². The topological polar surface area (TPSA) is 17.1 Å². The summed E-state index contributed by atoms with van der Waals surface area (Å²) in [6, 6.07) is 8.37. The van der Waals surface area contributed by atoms with Crippen molar-refractivity contribution in [2.75, 3.05) is 0 Å². The molecule has 1 aliphatic rings. The van der Waals surface area contributed by atoms with Gasteiger partial charge in [-0.2, -0.15) is 0 Å². The Balaban J connectivity index is 1.80. The van der Waals surface area contributed by atoms with E-state index in [-0.39, 0.29) is 0 Å². The molecule has 0 bridgehead atoms. The number of Topliss-reactive ketones (excluding diaryl/α,β-unsaturated/α-hetero) is 1. The molecule has 0 spiro atoms.